The van der Waals surface area contributed by atoms with E-state index in [2.05, 4.69) is 49.8 Å². The summed E-state index contributed by atoms with van der Waals surface area (Å²) in [7, 11) is 0. The van der Waals surface area contributed by atoms with Crippen LogP contribution < -0.4 is 5.32 Å². The van der Waals surface area contributed by atoms with Crippen LogP contribution in [0.15, 0.2) is 40.1 Å². The Bertz CT molecular complexity index is 952. The van der Waals surface area contributed by atoms with E-state index in [1.165, 1.54) is 11.3 Å². The normalized spacial score (nSPS) is 15.4. The Labute approximate surface area is 188 Å². The van der Waals surface area contributed by atoms with E-state index in [4.69, 9.17) is 4.98 Å². The predicted molar refractivity (Wildman–Crippen MR) is 124 cm³/mol. The van der Waals surface area contributed by atoms with Gasteiger partial charge in [0.05, 0.1) is 18.8 Å². The summed E-state index contributed by atoms with van der Waals surface area (Å²) in [6.45, 7) is 6.93. The number of benzene rings is 1. The summed E-state index contributed by atoms with van der Waals surface area (Å²) >= 11 is 4.77. The fraction of sp³-hybridized carbons (Fsp3) is 0.400. The standard InChI is InChI=1S/C20H24N6OS3/c1-2-28-20-24-23-19(30-20)22-17(27)12-25-8-10-26(11-9-25)13-18-21-16(14-29-18)15-6-4-3-5-7-15/h3-7,14H,2,8-13H2,1H3,(H,22,23,27). The van der Waals surface area contributed by atoms with Gasteiger partial charge in [0, 0.05) is 37.1 Å². The Morgan fingerprint density at radius 2 is 1.90 bits per heavy atom. The smallest absolute Gasteiger partial charge is 0.240 e. The number of thioether (sulfide) groups is 1. The van der Waals surface area contributed by atoms with Gasteiger partial charge in [0.1, 0.15) is 5.01 Å². The second kappa shape index (κ2) is 10.5. The van der Waals surface area contributed by atoms with Gasteiger partial charge >= 0.3 is 0 Å². The Balaban J connectivity index is 1.21. The molecule has 3 heterocycles. The molecule has 1 saturated heterocycles. The lowest BCUT2D eigenvalue weighted by atomic mass is 10.2. The van der Waals surface area contributed by atoms with E-state index in [0.29, 0.717) is 11.7 Å². The molecule has 0 radical (unpaired) electrons. The molecule has 0 aliphatic carbocycles. The van der Waals surface area contributed by atoms with Gasteiger partial charge in [-0.15, -0.1) is 21.5 Å². The zero-order valence-electron chi connectivity index (χ0n) is 16.8. The SMILES string of the molecule is CCSc1nnc(NC(=O)CN2CCN(Cc3nc(-c4ccccc4)cs3)CC2)s1. The zero-order chi connectivity index (χ0) is 20.8. The number of nitrogens with zero attached hydrogens (tertiary/aromatic N) is 5. The van der Waals surface area contributed by atoms with Crippen molar-refractivity contribution in [1.82, 2.24) is 25.0 Å². The molecular formula is C20H24N6OS3. The number of aromatic nitrogens is 3. The molecule has 1 amide bonds. The second-order valence-electron chi connectivity index (χ2n) is 6.90. The van der Waals surface area contributed by atoms with Crippen molar-refractivity contribution >= 4 is 45.5 Å². The van der Waals surface area contributed by atoms with Crippen LogP contribution in [0.1, 0.15) is 11.9 Å². The third-order valence-electron chi connectivity index (χ3n) is 4.73. The maximum atomic E-state index is 12.3. The van der Waals surface area contributed by atoms with Crippen molar-refractivity contribution in [3.63, 3.8) is 0 Å². The minimum Gasteiger partial charge on any atom is -0.299 e. The highest BCUT2D eigenvalue weighted by molar-refractivity contribution is 8.01. The molecule has 1 fully saturated rings. The van der Waals surface area contributed by atoms with Gasteiger partial charge in [-0.05, 0) is 5.75 Å². The average molecular weight is 461 g/mol. The number of carbonyl (C=O) groups excluding carboxylic acids is 1. The molecule has 1 N–H and O–H groups in total. The number of nitrogens with one attached hydrogen (secondary N) is 1. The molecule has 2 aromatic heterocycles. The van der Waals surface area contributed by atoms with E-state index in [-0.39, 0.29) is 5.91 Å². The maximum absolute atomic E-state index is 12.3. The molecule has 0 bridgehead atoms. The molecule has 1 aromatic carbocycles. The largest absolute Gasteiger partial charge is 0.299 e. The summed E-state index contributed by atoms with van der Waals surface area (Å²) in [6, 6.07) is 10.3. The number of anilines is 1. The first kappa shape index (κ1) is 21.4. The quantitative estimate of drug-likeness (QED) is 0.407. The third kappa shape index (κ3) is 5.86. The molecule has 3 aromatic rings. The molecule has 1 aliphatic rings. The van der Waals surface area contributed by atoms with Gasteiger partial charge in [-0.2, -0.15) is 0 Å². The summed E-state index contributed by atoms with van der Waals surface area (Å²) in [5.74, 6) is 0.918. The molecule has 0 unspecified atom stereocenters. The topological polar surface area (TPSA) is 74.2 Å². The van der Waals surface area contributed by atoms with Crippen molar-refractivity contribution in [2.24, 2.45) is 0 Å². The molecule has 0 spiro atoms. The number of thiazole rings is 1. The van der Waals surface area contributed by atoms with E-state index in [1.54, 1.807) is 23.1 Å². The number of rotatable bonds is 8. The van der Waals surface area contributed by atoms with Crippen molar-refractivity contribution in [2.45, 2.75) is 17.8 Å². The van der Waals surface area contributed by atoms with Crippen molar-refractivity contribution in [3.05, 3.63) is 40.7 Å². The summed E-state index contributed by atoms with van der Waals surface area (Å²) in [5, 5.41) is 14.8. The Morgan fingerprint density at radius 3 is 2.67 bits per heavy atom. The fourth-order valence-corrected chi connectivity index (χ4v) is 5.74. The highest BCUT2D eigenvalue weighted by Gasteiger charge is 2.20. The highest BCUT2D eigenvalue weighted by Crippen LogP contribution is 2.25. The molecule has 1 aliphatic heterocycles. The van der Waals surface area contributed by atoms with Crippen LogP contribution >= 0.6 is 34.4 Å². The molecule has 10 heteroatoms. The van der Waals surface area contributed by atoms with Gasteiger partial charge in [-0.3, -0.25) is 19.9 Å². The van der Waals surface area contributed by atoms with Crippen LogP contribution in [0.25, 0.3) is 11.3 Å². The predicted octanol–water partition coefficient (Wildman–Crippen LogP) is 3.53. The molecule has 30 heavy (non-hydrogen) atoms. The fourth-order valence-electron chi connectivity index (χ4n) is 3.23. The Kier molecular flexibility index (Phi) is 7.45. The molecule has 0 atom stereocenters. The lowest BCUT2D eigenvalue weighted by Gasteiger charge is -2.33. The molecule has 7 nitrogen and oxygen atoms in total. The van der Waals surface area contributed by atoms with E-state index >= 15 is 0 Å². The average Bonchev–Trinajstić information content (AvgIpc) is 3.40. The molecule has 0 saturated carbocycles. The lowest BCUT2D eigenvalue weighted by Crippen LogP contribution is -2.48. The van der Waals surface area contributed by atoms with Crippen LogP contribution in [-0.2, 0) is 11.3 Å². The Morgan fingerprint density at radius 1 is 1.13 bits per heavy atom. The van der Waals surface area contributed by atoms with Gasteiger partial charge in [0.2, 0.25) is 11.0 Å². The number of amides is 1. The van der Waals surface area contributed by atoms with Crippen molar-refractivity contribution in [1.29, 1.82) is 0 Å². The van der Waals surface area contributed by atoms with Crippen molar-refractivity contribution < 1.29 is 4.79 Å². The van der Waals surface area contributed by atoms with E-state index in [0.717, 1.165) is 59.1 Å². The summed E-state index contributed by atoms with van der Waals surface area (Å²) in [4.78, 5) is 21.7. The van der Waals surface area contributed by atoms with E-state index in [1.807, 2.05) is 18.2 Å². The van der Waals surface area contributed by atoms with Crippen LogP contribution in [0.3, 0.4) is 0 Å². The first-order chi connectivity index (χ1) is 14.7. The lowest BCUT2D eigenvalue weighted by molar-refractivity contribution is -0.117. The van der Waals surface area contributed by atoms with Crippen LogP contribution in [0.4, 0.5) is 5.13 Å². The summed E-state index contributed by atoms with van der Waals surface area (Å²) < 4.78 is 0.888. The van der Waals surface area contributed by atoms with Gasteiger partial charge in [-0.25, -0.2) is 4.98 Å². The van der Waals surface area contributed by atoms with Crippen LogP contribution in [0.5, 0.6) is 0 Å². The van der Waals surface area contributed by atoms with E-state index < -0.39 is 0 Å². The van der Waals surface area contributed by atoms with Gasteiger partial charge in [-0.1, -0.05) is 60.4 Å². The first-order valence-corrected chi connectivity index (χ1v) is 12.6. The molecular weight excluding hydrogens is 436 g/mol. The monoisotopic (exact) mass is 460 g/mol. The number of carbonyl (C=O) groups is 1. The number of hydrogen-bond acceptors (Lipinski definition) is 9. The van der Waals surface area contributed by atoms with Crippen LogP contribution in [0, 0.1) is 0 Å². The van der Waals surface area contributed by atoms with Gasteiger partial charge in [0.25, 0.3) is 0 Å². The zero-order valence-corrected chi connectivity index (χ0v) is 19.2. The van der Waals surface area contributed by atoms with Crippen LogP contribution in [0.2, 0.25) is 0 Å². The number of piperazine rings is 1. The third-order valence-corrected chi connectivity index (χ3v) is 7.42. The maximum Gasteiger partial charge on any atom is 0.240 e. The Hall–Kier alpha value is -1.85. The summed E-state index contributed by atoms with van der Waals surface area (Å²) in [5.41, 5.74) is 2.20. The minimum atomic E-state index is -0.0277. The van der Waals surface area contributed by atoms with Crippen LogP contribution in [-0.4, -0.2) is 69.4 Å². The van der Waals surface area contributed by atoms with Gasteiger partial charge < -0.3 is 0 Å². The molecule has 4 rings (SSSR count). The van der Waals surface area contributed by atoms with Gasteiger partial charge in [0.15, 0.2) is 4.34 Å². The highest BCUT2D eigenvalue weighted by atomic mass is 32.2. The molecule has 158 valence electrons. The van der Waals surface area contributed by atoms with Crippen molar-refractivity contribution in [3.8, 4) is 11.3 Å². The van der Waals surface area contributed by atoms with Crippen molar-refractivity contribution in [2.75, 3.05) is 43.8 Å². The summed E-state index contributed by atoms with van der Waals surface area (Å²) in [6.07, 6.45) is 0. The number of hydrogen-bond donors (Lipinski definition) is 1. The second-order valence-corrected chi connectivity index (χ2v) is 10.3. The first-order valence-electron chi connectivity index (χ1n) is 9.90. The minimum absolute atomic E-state index is 0.0277. The van der Waals surface area contributed by atoms with E-state index in [9.17, 15) is 4.79 Å².